The normalized spacial score (nSPS) is 14.4. The van der Waals surface area contributed by atoms with Crippen LogP contribution in [0.4, 0.5) is 4.79 Å². The molecule has 4 rings (SSSR count). The molecule has 2 aromatic heterocycles. The fourth-order valence-corrected chi connectivity index (χ4v) is 4.72. The Labute approximate surface area is 195 Å². The summed E-state index contributed by atoms with van der Waals surface area (Å²) in [5.41, 5.74) is 2.37. The van der Waals surface area contributed by atoms with Gasteiger partial charge in [-0.25, -0.2) is 9.78 Å². The minimum atomic E-state index is -0.307. The van der Waals surface area contributed by atoms with Crippen LogP contribution in [0.5, 0.6) is 0 Å². The molecule has 9 nitrogen and oxygen atoms in total. The summed E-state index contributed by atoms with van der Waals surface area (Å²) in [6, 6.07) is 11.1. The average molecular weight is 470 g/mol. The summed E-state index contributed by atoms with van der Waals surface area (Å²) in [5, 5.41) is 3.50. The summed E-state index contributed by atoms with van der Waals surface area (Å²) in [6.45, 7) is 5.11. The van der Waals surface area contributed by atoms with Gasteiger partial charge in [-0.1, -0.05) is 30.0 Å². The van der Waals surface area contributed by atoms with Crippen molar-refractivity contribution < 1.29 is 14.3 Å². The number of nitrogens with one attached hydrogen (secondary N) is 2. The molecular formula is C23H27N5O4S. The number of likely N-dealkylation sites (tertiary alicyclic amines) is 1. The van der Waals surface area contributed by atoms with Gasteiger partial charge in [-0.3, -0.25) is 14.2 Å². The van der Waals surface area contributed by atoms with Gasteiger partial charge in [0.05, 0.1) is 23.6 Å². The smallest absolute Gasteiger partial charge is 0.409 e. The lowest BCUT2D eigenvalue weighted by molar-refractivity contribution is -0.119. The highest BCUT2D eigenvalue weighted by Crippen LogP contribution is 2.22. The third-order valence-corrected chi connectivity index (χ3v) is 6.43. The van der Waals surface area contributed by atoms with Gasteiger partial charge >= 0.3 is 6.09 Å². The van der Waals surface area contributed by atoms with Gasteiger partial charge in [0.15, 0.2) is 5.16 Å². The van der Waals surface area contributed by atoms with Crippen LogP contribution in [-0.4, -0.2) is 62.9 Å². The lowest BCUT2D eigenvalue weighted by Gasteiger charge is -2.31. The van der Waals surface area contributed by atoms with Crippen LogP contribution in [0.1, 0.15) is 25.5 Å². The van der Waals surface area contributed by atoms with Gasteiger partial charge in [0.1, 0.15) is 5.52 Å². The van der Waals surface area contributed by atoms with E-state index in [1.165, 1.54) is 16.3 Å². The van der Waals surface area contributed by atoms with E-state index in [0.29, 0.717) is 54.4 Å². The van der Waals surface area contributed by atoms with Gasteiger partial charge in [-0.15, -0.1) is 0 Å². The molecule has 0 bridgehead atoms. The summed E-state index contributed by atoms with van der Waals surface area (Å²) < 4.78 is 6.57. The van der Waals surface area contributed by atoms with Crippen molar-refractivity contribution >= 4 is 34.8 Å². The zero-order chi connectivity index (χ0) is 23.4. The van der Waals surface area contributed by atoms with Crippen LogP contribution in [0.15, 0.2) is 46.3 Å². The number of hydrogen-bond acceptors (Lipinski definition) is 6. The molecule has 0 aliphatic carbocycles. The number of carbonyl (C=O) groups is 2. The first-order valence-electron chi connectivity index (χ1n) is 11.0. The van der Waals surface area contributed by atoms with Gasteiger partial charge in [0.25, 0.3) is 5.56 Å². The molecule has 3 aromatic rings. The number of rotatable bonds is 6. The predicted octanol–water partition coefficient (Wildman–Crippen LogP) is 2.85. The number of thioether (sulfide) groups is 1. The van der Waals surface area contributed by atoms with E-state index in [2.05, 4.69) is 15.3 Å². The Morgan fingerprint density at radius 3 is 2.67 bits per heavy atom. The second-order valence-corrected chi connectivity index (χ2v) is 8.84. The lowest BCUT2D eigenvalue weighted by Crippen LogP contribution is -2.47. The highest BCUT2D eigenvalue weighted by molar-refractivity contribution is 7.99. The molecule has 33 heavy (non-hydrogen) atoms. The average Bonchev–Trinajstić information content (AvgIpc) is 3.19. The number of carbonyl (C=O) groups excluding carboxylic acids is 2. The number of fused-ring (bicyclic) bond motifs is 1. The first kappa shape index (κ1) is 22.9. The van der Waals surface area contributed by atoms with E-state index in [9.17, 15) is 14.4 Å². The van der Waals surface area contributed by atoms with E-state index in [0.717, 1.165) is 5.69 Å². The van der Waals surface area contributed by atoms with Crippen molar-refractivity contribution in [2.24, 2.45) is 0 Å². The van der Waals surface area contributed by atoms with Crippen molar-refractivity contribution in [2.45, 2.75) is 37.9 Å². The Hall–Kier alpha value is -3.27. The molecule has 1 aliphatic rings. The van der Waals surface area contributed by atoms with Crippen LogP contribution < -0.4 is 10.9 Å². The first-order chi connectivity index (χ1) is 16.0. The molecule has 0 unspecified atom stereocenters. The second-order valence-electron chi connectivity index (χ2n) is 7.90. The molecule has 1 aromatic carbocycles. The molecule has 0 radical (unpaired) electrons. The van der Waals surface area contributed by atoms with Crippen LogP contribution in [-0.2, 0) is 9.53 Å². The number of aromatic nitrogens is 3. The van der Waals surface area contributed by atoms with Crippen LogP contribution in [0.2, 0.25) is 0 Å². The number of aryl methyl sites for hydroxylation is 1. The summed E-state index contributed by atoms with van der Waals surface area (Å²) in [6.07, 6.45) is 1.05. The molecule has 174 valence electrons. The van der Waals surface area contributed by atoms with Crippen LogP contribution in [0.25, 0.3) is 16.7 Å². The number of aromatic amines is 1. The third kappa shape index (κ3) is 5.22. The van der Waals surface area contributed by atoms with Crippen molar-refractivity contribution in [3.8, 4) is 5.69 Å². The van der Waals surface area contributed by atoms with Gasteiger partial charge in [0, 0.05) is 24.8 Å². The van der Waals surface area contributed by atoms with Crippen LogP contribution in [0, 0.1) is 6.92 Å². The van der Waals surface area contributed by atoms with Crippen molar-refractivity contribution in [1.82, 2.24) is 24.8 Å². The number of para-hydroxylation sites is 1. The molecule has 0 saturated carbocycles. The Kier molecular flexibility index (Phi) is 7.02. The van der Waals surface area contributed by atoms with E-state index in [-0.39, 0.29) is 29.4 Å². The summed E-state index contributed by atoms with van der Waals surface area (Å²) >= 11 is 1.23. The Morgan fingerprint density at radius 2 is 1.97 bits per heavy atom. The van der Waals surface area contributed by atoms with Gasteiger partial charge in [0.2, 0.25) is 5.91 Å². The van der Waals surface area contributed by atoms with E-state index in [1.54, 1.807) is 11.8 Å². The number of nitrogens with zero attached hydrogens (tertiary/aromatic N) is 3. The standard InChI is InChI=1S/C23H27N5O4S/c1-3-32-23(31)27-11-9-16(10-12-27)25-19(29)14-33-22-26-18-13-15(2)24-20(18)21(30)28(22)17-7-5-4-6-8-17/h4-8,13,16,24H,3,9-12,14H2,1-2H3,(H,25,29). The lowest BCUT2D eigenvalue weighted by atomic mass is 10.1. The SMILES string of the molecule is CCOC(=O)N1CCC(NC(=O)CSc2nc3cc(C)[nH]c3c(=O)n2-c2ccccc2)CC1. The number of amides is 2. The monoisotopic (exact) mass is 469 g/mol. The molecular weight excluding hydrogens is 442 g/mol. The fourth-order valence-electron chi connectivity index (χ4n) is 3.90. The summed E-state index contributed by atoms with van der Waals surface area (Å²) in [5.74, 6) is 0.000477. The highest BCUT2D eigenvalue weighted by Gasteiger charge is 2.25. The van der Waals surface area contributed by atoms with E-state index in [1.807, 2.05) is 43.3 Å². The minimum absolute atomic E-state index is 0.00264. The molecule has 1 fully saturated rings. The summed E-state index contributed by atoms with van der Waals surface area (Å²) in [4.78, 5) is 47.1. The fraction of sp³-hybridized carbons (Fsp3) is 0.391. The highest BCUT2D eigenvalue weighted by atomic mass is 32.2. The Morgan fingerprint density at radius 1 is 1.24 bits per heavy atom. The molecule has 1 aliphatic heterocycles. The van der Waals surface area contributed by atoms with E-state index < -0.39 is 0 Å². The maximum atomic E-state index is 13.2. The van der Waals surface area contributed by atoms with Gasteiger partial charge in [-0.05, 0) is 44.9 Å². The Balaban J connectivity index is 1.44. The van der Waals surface area contributed by atoms with Crippen molar-refractivity contribution in [3.05, 3.63) is 52.4 Å². The third-order valence-electron chi connectivity index (χ3n) is 5.49. The molecule has 0 spiro atoms. The molecule has 2 amide bonds. The second kappa shape index (κ2) is 10.1. The number of hydrogen-bond donors (Lipinski definition) is 2. The van der Waals surface area contributed by atoms with E-state index in [4.69, 9.17) is 4.74 Å². The van der Waals surface area contributed by atoms with Crippen molar-refractivity contribution in [3.63, 3.8) is 0 Å². The number of benzene rings is 1. The molecule has 0 atom stereocenters. The topological polar surface area (TPSA) is 109 Å². The van der Waals surface area contributed by atoms with Gasteiger partial charge in [-0.2, -0.15) is 0 Å². The van der Waals surface area contributed by atoms with Crippen LogP contribution >= 0.6 is 11.8 Å². The number of H-pyrrole nitrogens is 1. The number of ether oxygens (including phenoxy) is 1. The van der Waals surface area contributed by atoms with Gasteiger partial charge < -0.3 is 19.9 Å². The largest absolute Gasteiger partial charge is 0.450 e. The summed E-state index contributed by atoms with van der Waals surface area (Å²) in [7, 11) is 0. The van der Waals surface area contributed by atoms with E-state index >= 15 is 0 Å². The minimum Gasteiger partial charge on any atom is -0.450 e. The molecule has 3 heterocycles. The van der Waals surface area contributed by atoms with Crippen molar-refractivity contribution in [2.75, 3.05) is 25.4 Å². The number of piperidine rings is 1. The van der Waals surface area contributed by atoms with Crippen molar-refractivity contribution in [1.29, 1.82) is 0 Å². The predicted molar refractivity (Wildman–Crippen MR) is 127 cm³/mol. The molecule has 10 heteroatoms. The zero-order valence-electron chi connectivity index (χ0n) is 18.7. The first-order valence-corrected chi connectivity index (χ1v) is 12.0. The quantitative estimate of drug-likeness (QED) is 0.424. The van der Waals surface area contributed by atoms with Crippen LogP contribution in [0.3, 0.4) is 0 Å². The zero-order valence-corrected chi connectivity index (χ0v) is 19.5. The Bertz CT molecular complexity index is 1200. The maximum absolute atomic E-state index is 13.2. The maximum Gasteiger partial charge on any atom is 0.409 e. The molecule has 2 N–H and O–H groups in total. The molecule has 1 saturated heterocycles.